The third-order valence-corrected chi connectivity index (χ3v) is 4.20. The standard InChI is InChI=1S/C15H18N2O3.Li/c18-14(11-1-2-11)17-5-3-10(4-6-17)12-7-13(15(19)20)9-16-8-12;/h7-11H,1-6H2,(H,19,20);/q;+1/p-1. The molecule has 1 amide bonds. The molecule has 1 aliphatic heterocycles. The largest absolute Gasteiger partial charge is 1.00 e. The van der Waals surface area contributed by atoms with Crippen molar-refractivity contribution in [2.75, 3.05) is 13.1 Å². The van der Waals surface area contributed by atoms with Crippen LogP contribution >= 0.6 is 0 Å². The number of aromatic carboxylic acids is 1. The van der Waals surface area contributed by atoms with Crippen LogP contribution in [0.25, 0.3) is 0 Å². The number of amides is 1. The maximum absolute atomic E-state index is 12.0. The van der Waals surface area contributed by atoms with Crippen LogP contribution in [0.1, 0.15) is 47.5 Å². The van der Waals surface area contributed by atoms with E-state index in [0.29, 0.717) is 5.91 Å². The Morgan fingerprint density at radius 2 is 1.81 bits per heavy atom. The van der Waals surface area contributed by atoms with Crippen LogP contribution in [0.4, 0.5) is 0 Å². The van der Waals surface area contributed by atoms with Gasteiger partial charge in [-0.25, -0.2) is 0 Å². The summed E-state index contributed by atoms with van der Waals surface area (Å²) in [5, 5.41) is 10.9. The van der Waals surface area contributed by atoms with Crippen LogP contribution in [0.2, 0.25) is 0 Å². The second kappa shape index (κ2) is 6.63. The van der Waals surface area contributed by atoms with Crippen molar-refractivity contribution in [1.82, 2.24) is 9.88 Å². The van der Waals surface area contributed by atoms with Gasteiger partial charge >= 0.3 is 18.9 Å². The zero-order chi connectivity index (χ0) is 14.1. The molecule has 0 bridgehead atoms. The fourth-order valence-electron chi connectivity index (χ4n) is 2.81. The SMILES string of the molecule is O=C([O-])c1cncc(C2CCN(C(=O)C3CC3)CC2)c1.[Li+]. The van der Waals surface area contributed by atoms with Crippen molar-refractivity contribution in [2.24, 2.45) is 5.92 Å². The molecule has 3 rings (SSSR count). The van der Waals surface area contributed by atoms with Crippen LogP contribution in [0, 0.1) is 5.92 Å². The zero-order valence-corrected chi connectivity index (χ0v) is 12.2. The molecule has 0 radical (unpaired) electrons. The molecular formula is C15H17LiN2O3. The fourth-order valence-corrected chi connectivity index (χ4v) is 2.81. The van der Waals surface area contributed by atoms with Crippen LogP contribution in [0.3, 0.4) is 0 Å². The Morgan fingerprint density at radius 3 is 2.38 bits per heavy atom. The van der Waals surface area contributed by atoms with E-state index in [4.69, 9.17) is 0 Å². The van der Waals surface area contributed by atoms with Crippen LogP contribution < -0.4 is 24.0 Å². The number of hydrogen-bond donors (Lipinski definition) is 0. The first kappa shape index (κ1) is 16.1. The van der Waals surface area contributed by atoms with E-state index in [1.807, 2.05) is 4.90 Å². The average molecular weight is 280 g/mol. The molecule has 0 atom stereocenters. The molecule has 5 nitrogen and oxygen atoms in total. The van der Waals surface area contributed by atoms with E-state index >= 15 is 0 Å². The molecule has 1 aliphatic carbocycles. The number of carboxylic acid groups (broad SMARTS) is 1. The number of rotatable bonds is 3. The van der Waals surface area contributed by atoms with Crippen LogP contribution in [0.15, 0.2) is 18.5 Å². The van der Waals surface area contributed by atoms with Gasteiger partial charge in [0.25, 0.3) is 0 Å². The normalized spacial score (nSPS) is 19.0. The summed E-state index contributed by atoms with van der Waals surface area (Å²) in [5.74, 6) is -0.342. The van der Waals surface area contributed by atoms with E-state index in [2.05, 4.69) is 4.98 Å². The molecule has 2 fully saturated rings. The monoisotopic (exact) mass is 280 g/mol. The summed E-state index contributed by atoms with van der Waals surface area (Å²) in [7, 11) is 0. The summed E-state index contributed by atoms with van der Waals surface area (Å²) in [6.45, 7) is 1.52. The summed E-state index contributed by atoms with van der Waals surface area (Å²) in [5.41, 5.74) is 1.06. The van der Waals surface area contributed by atoms with E-state index in [-0.39, 0.29) is 36.3 Å². The van der Waals surface area contributed by atoms with E-state index in [1.165, 1.54) is 6.20 Å². The molecular weight excluding hydrogens is 263 g/mol. The van der Waals surface area contributed by atoms with E-state index < -0.39 is 5.97 Å². The minimum Gasteiger partial charge on any atom is -0.545 e. The van der Waals surface area contributed by atoms with Crippen molar-refractivity contribution in [3.8, 4) is 0 Å². The van der Waals surface area contributed by atoms with Gasteiger partial charge in [0, 0.05) is 37.0 Å². The first-order chi connectivity index (χ1) is 9.65. The maximum Gasteiger partial charge on any atom is 1.00 e. The molecule has 0 unspecified atom stereocenters. The number of carbonyl (C=O) groups excluding carboxylic acids is 2. The molecule has 0 aromatic carbocycles. The Hall–Kier alpha value is -1.31. The summed E-state index contributed by atoms with van der Waals surface area (Å²) in [6.07, 6.45) is 6.85. The second-order valence-electron chi connectivity index (χ2n) is 5.67. The third kappa shape index (κ3) is 3.66. The van der Waals surface area contributed by atoms with Crippen molar-refractivity contribution < 1.29 is 33.6 Å². The summed E-state index contributed by atoms with van der Waals surface area (Å²) >= 11 is 0. The Kier molecular flexibility index (Phi) is 5.07. The van der Waals surface area contributed by atoms with Gasteiger partial charge in [0.2, 0.25) is 5.91 Å². The molecule has 1 saturated heterocycles. The summed E-state index contributed by atoms with van der Waals surface area (Å²) < 4.78 is 0. The number of pyridine rings is 1. The molecule has 6 heteroatoms. The number of likely N-dealkylation sites (tertiary alicyclic amines) is 1. The van der Waals surface area contributed by atoms with Gasteiger partial charge in [-0.2, -0.15) is 0 Å². The third-order valence-electron chi connectivity index (χ3n) is 4.20. The van der Waals surface area contributed by atoms with Gasteiger partial charge < -0.3 is 14.8 Å². The number of carbonyl (C=O) groups is 2. The van der Waals surface area contributed by atoms with Crippen LogP contribution in [-0.4, -0.2) is 34.8 Å². The summed E-state index contributed by atoms with van der Waals surface area (Å²) in [6, 6.07) is 1.64. The number of hydrogen-bond acceptors (Lipinski definition) is 4. The average Bonchev–Trinajstić information content (AvgIpc) is 3.31. The minimum atomic E-state index is -1.19. The quantitative estimate of drug-likeness (QED) is 0.577. The van der Waals surface area contributed by atoms with Crippen molar-refractivity contribution >= 4 is 11.9 Å². The smallest absolute Gasteiger partial charge is 0.545 e. The van der Waals surface area contributed by atoms with Crippen molar-refractivity contribution in [3.05, 3.63) is 29.6 Å². The molecule has 2 heterocycles. The molecule has 1 saturated carbocycles. The maximum atomic E-state index is 12.0. The molecule has 1 aromatic rings. The molecule has 1 aromatic heterocycles. The Bertz CT molecular complexity index is 537. The van der Waals surface area contributed by atoms with E-state index in [9.17, 15) is 14.7 Å². The Balaban J connectivity index is 0.00000161. The zero-order valence-electron chi connectivity index (χ0n) is 12.2. The molecule has 106 valence electrons. The van der Waals surface area contributed by atoms with Crippen molar-refractivity contribution in [2.45, 2.75) is 31.6 Å². The van der Waals surface area contributed by atoms with Gasteiger partial charge in [-0.3, -0.25) is 9.78 Å². The van der Waals surface area contributed by atoms with Crippen LogP contribution in [-0.2, 0) is 4.79 Å². The van der Waals surface area contributed by atoms with Gasteiger partial charge in [0.1, 0.15) is 0 Å². The van der Waals surface area contributed by atoms with E-state index in [0.717, 1.165) is 44.3 Å². The molecule has 21 heavy (non-hydrogen) atoms. The molecule has 0 spiro atoms. The molecule has 2 aliphatic rings. The van der Waals surface area contributed by atoms with Gasteiger partial charge in [0.05, 0.1) is 5.97 Å². The first-order valence-corrected chi connectivity index (χ1v) is 7.10. The fraction of sp³-hybridized carbons (Fsp3) is 0.533. The number of aromatic nitrogens is 1. The van der Waals surface area contributed by atoms with E-state index in [1.54, 1.807) is 12.3 Å². The first-order valence-electron chi connectivity index (χ1n) is 7.10. The summed E-state index contributed by atoms with van der Waals surface area (Å²) in [4.78, 5) is 28.8. The Labute approximate surface area is 135 Å². The number of nitrogens with zero attached hydrogens (tertiary/aromatic N) is 2. The second-order valence-corrected chi connectivity index (χ2v) is 5.67. The van der Waals surface area contributed by atoms with Gasteiger partial charge in [-0.1, -0.05) is 0 Å². The molecule has 0 N–H and O–H groups in total. The van der Waals surface area contributed by atoms with Crippen LogP contribution in [0.5, 0.6) is 0 Å². The van der Waals surface area contributed by atoms with Crippen molar-refractivity contribution in [3.63, 3.8) is 0 Å². The van der Waals surface area contributed by atoms with Gasteiger partial charge in [0.15, 0.2) is 0 Å². The van der Waals surface area contributed by atoms with Gasteiger partial charge in [-0.05, 0) is 43.2 Å². The predicted octanol–water partition coefficient (Wildman–Crippen LogP) is -2.43. The topological polar surface area (TPSA) is 73.3 Å². The van der Waals surface area contributed by atoms with Gasteiger partial charge in [-0.15, -0.1) is 0 Å². The predicted molar refractivity (Wildman–Crippen MR) is 69.8 cm³/mol. The Morgan fingerprint density at radius 1 is 1.14 bits per heavy atom. The minimum absolute atomic E-state index is 0. The van der Waals surface area contributed by atoms with Crippen molar-refractivity contribution in [1.29, 1.82) is 0 Å². The number of carboxylic acids is 1. The number of piperidine rings is 1.